The summed E-state index contributed by atoms with van der Waals surface area (Å²) < 4.78 is 47.0. The van der Waals surface area contributed by atoms with Crippen molar-refractivity contribution < 1.29 is 32.2 Å². The molecule has 2 aliphatic heterocycles. The van der Waals surface area contributed by atoms with E-state index in [0.717, 1.165) is 5.57 Å². The van der Waals surface area contributed by atoms with Crippen LogP contribution < -0.4 is 9.47 Å². The van der Waals surface area contributed by atoms with E-state index in [1.807, 2.05) is 17.9 Å². The van der Waals surface area contributed by atoms with E-state index in [2.05, 4.69) is 21.3 Å². The summed E-state index contributed by atoms with van der Waals surface area (Å²) in [4.78, 5) is 38.1. The zero-order valence-corrected chi connectivity index (χ0v) is 20.5. The molecule has 36 heavy (non-hydrogen) atoms. The normalized spacial score (nSPS) is 19.0. The smallest absolute Gasteiger partial charge is 0.422 e. The Balaban J connectivity index is 1.46. The number of aromatic nitrogens is 1. The maximum absolute atomic E-state index is 12.8. The topological polar surface area (TPSA) is 87.6 Å². The van der Waals surface area contributed by atoms with Crippen molar-refractivity contribution in [1.82, 2.24) is 19.7 Å². The Kier molecular flexibility index (Phi) is 8.59. The zero-order chi connectivity index (χ0) is 26.5. The molecule has 0 saturated carbocycles. The van der Waals surface area contributed by atoms with Gasteiger partial charge in [0.2, 0.25) is 11.8 Å². The number of carbonyl (C=O) groups is 2. The number of amides is 2. The Morgan fingerprint density at radius 1 is 1.33 bits per heavy atom. The third-order valence-electron chi connectivity index (χ3n) is 5.78. The quantitative estimate of drug-likeness (QED) is 0.451. The van der Waals surface area contributed by atoms with E-state index in [4.69, 9.17) is 4.74 Å². The van der Waals surface area contributed by atoms with Crippen LogP contribution in [-0.4, -0.2) is 96.9 Å². The molecule has 2 saturated heterocycles. The lowest BCUT2D eigenvalue weighted by atomic mass is 9.99. The number of halogens is 3. The molecular formula is C24H30F3N5O4. The summed E-state index contributed by atoms with van der Waals surface area (Å²) in [5.74, 6) is 0.470. The first-order valence-electron chi connectivity index (χ1n) is 11.4. The second-order valence-corrected chi connectivity index (χ2v) is 8.76. The van der Waals surface area contributed by atoms with Crippen LogP contribution in [0, 0.1) is 5.92 Å². The fourth-order valence-electron chi connectivity index (χ4n) is 3.70. The van der Waals surface area contributed by atoms with Crippen LogP contribution >= 0.6 is 0 Å². The predicted molar refractivity (Wildman–Crippen MR) is 127 cm³/mol. The van der Waals surface area contributed by atoms with Crippen molar-refractivity contribution in [2.45, 2.75) is 25.6 Å². The first-order chi connectivity index (χ1) is 17.0. The number of rotatable bonds is 10. The number of likely N-dealkylation sites (tertiary alicyclic amines) is 2. The molecule has 3 heterocycles. The lowest BCUT2D eigenvalue weighted by molar-refractivity contribution is -0.154. The minimum atomic E-state index is -4.45. The minimum Gasteiger partial charge on any atom is -0.479 e. The molecule has 196 valence electrons. The maximum Gasteiger partial charge on any atom is 0.422 e. The molecule has 1 aromatic heterocycles. The van der Waals surface area contributed by atoms with Crippen LogP contribution in [0.2, 0.25) is 0 Å². The summed E-state index contributed by atoms with van der Waals surface area (Å²) in [5, 5.41) is 0. The second kappa shape index (κ2) is 11.4. The number of ether oxygens (including phenoxy) is 2. The van der Waals surface area contributed by atoms with Gasteiger partial charge in [0.1, 0.15) is 11.6 Å². The first-order valence-corrected chi connectivity index (χ1v) is 11.4. The van der Waals surface area contributed by atoms with E-state index in [9.17, 15) is 22.8 Å². The highest BCUT2D eigenvalue weighted by Gasteiger charge is 2.35. The molecule has 0 N–H and O–H groups in total. The number of pyridine rings is 1. The van der Waals surface area contributed by atoms with Gasteiger partial charge in [-0.2, -0.15) is 13.2 Å². The molecule has 0 unspecified atom stereocenters. The first kappa shape index (κ1) is 27.0. The summed E-state index contributed by atoms with van der Waals surface area (Å²) in [5.41, 5.74) is 0.819. The monoisotopic (exact) mass is 509 g/mol. The average Bonchev–Trinajstić information content (AvgIpc) is 3.13. The van der Waals surface area contributed by atoms with Gasteiger partial charge in [-0.15, -0.1) is 0 Å². The molecule has 9 nitrogen and oxygen atoms in total. The van der Waals surface area contributed by atoms with E-state index in [0.29, 0.717) is 38.4 Å². The molecule has 0 aliphatic carbocycles. The Morgan fingerprint density at radius 2 is 2.06 bits per heavy atom. The molecule has 3 rings (SSSR count). The van der Waals surface area contributed by atoms with Crippen molar-refractivity contribution in [2.24, 2.45) is 10.9 Å². The highest BCUT2D eigenvalue weighted by atomic mass is 19.4. The van der Waals surface area contributed by atoms with Gasteiger partial charge < -0.3 is 24.2 Å². The average molecular weight is 510 g/mol. The van der Waals surface area contributed by atoms with Crippen molar-refractivity contribution in [2.75, 3.05) is 46.9 Å². The van der Waals surface area contributed by atoms with Crippen LogP contribution in [0.4, 0.5) is 13.2 Å². The third kappa shape index (κ3) is 7.22. The Hall–Kier alpha value is -3.57. The number of alkyl halides is 3. The number of hydrogen-bond acceptors (Lipinski definition) is 7. The van der Waals surface area contributed by atoms with Gasteiger partial charge in [-0.25, -0.2) is 9.98 Å². The summed E-state index contributed by atoms with van der Waals surface area (Å²) in [6.45, 7) is 6.35. The van der Waals surface area contributed by atoms with Gasteiger partial charge in [-0.1, -0.05) is 12.7 Å². The van der Waals surface area contributed by atoms with Gasteiger partial charge in [-0.05, 0) is 18.6 Å². The van der Waals surface area contributed by atoms with Crippen LogP contribution in [0.3, 0.4) is 0 Å². The number of aliphatic imine (C=N–C) groups is 1. The summed E-state index contributed by atoms with van der Waals surface area (Å²) >= 11 is 0. The molecule has 1 atom stereocenters. The molecule has 0 spiro atoms. The lowest BCUT2D eigenvalue weighted by Crippen LogP contribution is -2.52. The van der Waals surface area contributed by atoms with Gasteiger partial charge in [-0.3, -0.25) is 9.59 Å². The minimum absolute atomic E-state index is 0.0499. The molecule has 0 bridgehead atoms. The van der Waals surface area contributed by atoms with Gasteiger partial charge in [0.05, 0.1) is 12.1 Å². The van der Waals surface area contributed by atoms with Crippen molar-refractivity contribution >= 4 is 18.0 Å². The van der Waals surface area contributed by atoms with Crippen LogP contribution in [0.1, 0.15) is 13.3 Å². The number of allylic oxidation sites excluding steroid dienone is 1. The largest absolute Gasteiger partial charge is 0.479 e. The van der Waals surface area contributed by atoms with E-state index < -0.39 is 18.9 Å². The highest BCUT2D eigenvalue weighted by Crippen LogP contribution is 2.24. The molecule has 2 fully saturated rings. The summed E-state index contributed by atoms with van der Waals surface area (Å²) in [6.07, 6.45) is 0.0336. The second-order valence-electron chi connectivity index (χ2n) is 8.76. The van der Waals surface area contributed by atoms with E-state index in [-0.39, 0.29) is 29.4 Å². The molecular weight excluding hydrogens is 479 g/mol. The highest BCUT2D eigenvalue weighted by molar-refractivity contribution is 5.86. The fourth-order valence-corrected chi connectivity index (χ4v) is 3.70. The summed E-state index contributed by atoms with van der Waals surface area (Å²) in [6, 6.07) is 2.67. The maximum atomic E-state index is 12.8. The SMILES string of the molecule is C=C(N=C/C(=C\C)CN1CC[C@@H](Oc2ccc(OCC(F)(F)F)nc2)C1=O)N1CC(C(=O)N(C)C)C1. The standard InChI is InChI=1S/C24H30F3N5O4/c1-5-17(10-28-16(2)32-13-18(14-32)22(33)30(3)4)12-31-9-8-20(23(31)34)36-19-6-7-21(29-11-19)35-15-24(25,26)27/h5-7,10-11,18,20H,2,8-9,12-15H2,1,3-4H3/b17-5+,28-10?/t20-/m1/s1. The van der Waals surface area contributed by atoms with E-state index in [1.54, 1.807) is 30.1 Å². The summed E-state index contributed by atoms with van der Waals surface area (Å²) in [7, 11) is 3.46. The molecule has 12 heteroatoms. The Morgan fingerprint density at radius 3 is 2.64 bits per heavy atom. The van der Waals surface area contributed by atoms with Crippen molar-refractivity contribution in [3.8, 4) is 11.6 Å². The molecule has 1 aromatic rings. The fraction of sp³-hybridized carbons (Fsp3) is 0.500. The van der Waals surface area contributed by atoms with Crippen molar-refractivity contribution in [3.63, 3.8) is 0 Å². The number of hydrogen-bond donors (Lipinski definition) is 0. The van der Waals surface area contributed by atoms with Gasteiger partial charge in [0.15, 0.2) is 12.7 Å². The molecule has 0 radical (unpaired) electrons. The van der Waals surface area contributed by atoms with Crippen LogP contribution in [0.25, 0.3) is 0 Å². The predicted octanol–water partition coefficient (Wildman–Crippen LogP) is 2.51. The van der Waals surface area contributed by atoms with E-state index in [1.165, 1.54) is 18.3 Å². The Labute approximate surface area is 207 Å². The van der Waals surface area contributed by atoms with Crippen LogP contribution in [0.15, 0.2) is 47.4 Å². The lowest BCUT2D eigenvalue weighted by Gasteiger charge is -2.40. The Bertz CT molecular complexity index is 1020. The van der Waals surface area contributed by atoms with Crippen LogP contribution in [0.5, 0.6) is 11.6 Å². The van der Waals surface area contributed by atoms with Gasteiger partial charge in [0, 0.05) is 59.0 Å². The third-order valence-corrected chi connectivity index (χ3v) is 5.78. The molecule has 2 aliphatic rings. The zero-order valence-electron chi connectivity index (χ0n) is 20.5. The van der Waals surface area contributed by atoms with Gasteiger partial charge >= 0.3 is 6.18 Å². The van der Waals surface area contributed by atoms with Crippen LogP contribution in [-0.2, 0) is 9.59 Å². The molecule has 2 amide bonds. The van der Waals surface area contributed by atoms with E-state index >= 15 is 0 Å². The van der Waals surface area contributed by atoms with Gasteiger partial charge in [0.25, 0.3) is 5.91 Å². The van der Waals surface area contributed by atoms with Crippen molar-refractivity contribution in [1.29, 1.82) is 0 Å². The number of carbonyl (C=O) groups excluding carboxylic acids is 2. The number of nitrogens with zero attached hydrogens (tertiary/aromatic N) is 5. The molecule has 0 aromatic carbocycles. The van der Waals surface area contributed by atoms with Crippen molar-refractivity contribution in [3.05, 3.63) is 42.4 Å².